The number of nitriles is 1. The van der Waals surface area contributed by atoms with Gasteiger partial charge in [-0.2, -0.15) is 5.26 Å². The highest BCUT2D eigenvalue weighted by Gasteiger charge is 2.38. The summed E-state index contributed by atoms with van der Waals surface area (Å²) in [5.41, 5.74) is -0.335. The Bertz CT molecular complexity index is 949. The number of hydrogen-bond donors (Lipinski definition) is 1. The third-order valence-electron chi connectivity index (χ3n) is 4.37. The minimum absolute atomic E-state index is 0.0304. The van der Waals surface area contributed by atoms with E-state index in [1.807, 2.05) is 18.2 Å². The van der Waals surface area contributed by atoms with Crippen LogP contribution in [0.15, 0.2) is 42.5 Å². The van der Waals surface area contributed by atoms with E-state index in [0.717, 1.165) is 11.6 Å². The molecule has 0 radical (unpaired) electrons. The molecular formula is C20H17FN2O4. The molecule has 0 saturated heterocycles. The number of amides is 1. The second-order valence-corrected chi connectivity index (χ2v) is 6.59. The lowest BCUT2D eigenvalue weighted by atomic mass is 10.1. The number of aliphatic hydroxyl groups is 1. The Morgan fingerprint density at radius 2 is 2.11 bits per heavy atom. The number of rotatable bonds is 5. The van der Waals surface area contributed by atoms with Crippen LogP contribution in [-0.4, -0.2) is 34.0 Å². The van der Waals surface area contributed by atoms with Gasteiger partial charge in [0.05, 0.1) is 18.2 Å². The van der Waals surface area contributed by atoms with E-state index in [9.17, 15) is 19.1 Å². The van der Waals surface area contributed by atoms with Crippen molar-refractivity contribution in [1.82, 2.24) is 4.90 Å². The molecule has 3 rings (SSSR count). The lowest BCUT2D eigenvalue weighted by molar-refractivity contribution is -0.166. The summed E-state index contributed by atoms with van der Waals surface area (Å²) in [5.74, 6) is -1.87. The highest BCUT2D eigenvalue weighted by Crippen LogP contribution is 2.24. The number of carbonyl (C=O) groups is 2. The fourth-order valence-electron chi connectivity index (χ4n) is 2.93. The molecule has 1 aliphatic rings. The van der Waals surface area contributed by atoms with Crippen LogP contribution < -0.4 is 0 Å². The fourth-order valence-corrected chi connectivity index (χ4v) is 2.93. The molecule has 6 nitrogen and oxygen atoms in total. The molecule has 1 unspecified atom stereocenters. The summed E-state index contributed by atoms with van der Waals surface area (Å²) >= 11 is 0. The van der Waals surface area contributed by atoms with Gasteiger partial charge in [-0.1, -0.05) is 18.2 Å². The SMILES string of the molecule is CC(O)(CN1Cc2ccccc2C1=O)C(=O)OCc1cc(C#N)ccc1F. The largest absolute Gasteiger partial charge is 0.459 e. The topological polar surface area (TPSA) is 90.6 Å². The molecule has 7 heteroatoms. The number of β-amino-alcohol motifs (C(OH)–C–C–N with tert-alkyl or cyclic N) is 1. The first kappa shape index (κ1) is 18.5. The van der Waals surface area contributed by atoms with E-state index < -0.39 is 24.0 Å². The highest BCUT2D eigenvalue weighted by molar-refractivity contribution is 5.98. The van der Waals surface area contributed by atoms with Crippen LogP contribution >= 0.6 is 0 Å². The molecule has 27 heavy (non-hydrogen) atoms. The highest BCUT2D eigenvalue weighted by atomic mass is 19.1. The van der Waals surface area contributed by atoms with Crippen LogP contribution in [0.3, 0.4) is 0 Å². The van der Waals surface area contributed by atoms with Crippen LogP contribution in [0, 0.1) is 17.1 Å². The Hall–Kier alpha value is -3.24. The van der Waals surface area contributed by atoms with Crippen molar-refractivity contribution in [3.05, 3.63) is 70.5 Å². The lowest BCUT2D eigenvalue weighted by Gasteiger charge is -2.27. The third kappa shape index (κ3) is 3.81. The normalized spacial score (nSPS) is 15.0. The molecule has 2 aromatic rings. The van der Waals surface area contributed by atoms with Crippen molar-refractivity contribution in [2.45, 2.75) is 25.7 Å². The first-order valence-corrected chi connectivity index (χ1v) is 8.27. The second-order valence-electron chi connectivity index (χ2n) is 6.59. The van der Waals surface area contributed by atoms with E-state index in [-0.39, 0.29) is 30.1 Å². The molecule has 1 heterocycles. The van der Waals surface area contributed by atoms with E-state index in [2.05, 4.69) is 0 Å². The average molecular weight is 368 g/mol. The Balaban J connectivity index is 1.65. The maximum atomic E-state index is 13.8. The Kier molecular flexibility index (Phi) is 4.93. The smallest absolute Gasteiger partial charge is 0.340 e. The van der Waals surface area contributed by atoms with Gasteiger partial charge in [-0.05, 0) is 36.8 Å². The number of hydrogen-bond acceptors (Lipinski definition) is 5. The number of halogens is 1. The van der Waals surface area contributed by atoms with Crippen LogP contribution in [0.4, 0.5) is 4.39 Å². The first-order valence-electron chi connectivity index (χ1n) is 8.27. The van der Waals surface area contributed by atoms with Crippen molar-refractivity contribution in [2.24, 2.45) is 0 Å². The van der Waals surface area contributed by atoms with Gasteiger partial charge in [0.2, 0.25) is 0 Å². The molecule has 1 atom stereocenters. The molecule has 138 valence electrons. The summed E-state index contributed by atoms with van der Waals surface area (Å²) in [6, 6.07) is 12.6. The van der Waals surface area contributed by atoms with Gasteiger partial charge in [-0.15, -0.1) is 0 Å². The quantitative estimate of drug-likeness (QED) is 0.817. The van der Waals surface area contributed by atoms with Crippen molar-refractivity contribution in [3.63, 3.8) is 0 Å². The summed E-state index contributed by atoms with van der Waals surface area (Å²) in [7, 11) is 0. The first-order chi connectivity index (χ1) is 12.8. The molecule has 0 fully saturated rings. The summed E-state index contributed by atoms with van der Waals surface area (Å²) in [6.07, 6.45) is 0. The molecule has 0 spiro atoms. The summed E-state index contributed by atoms with van der Waals surface area (Å²) < 4.78 is 18.8. The van der Waals surface area contributed by atoms with Gasteiger partial charge in [-0.3, -0.25) is 4.79 Å². The molecule has 1 N–H and O–H groups in total. The van der Waals surface area contributed by atoms with Crippen molar-refractivity contribution in [3.8, 4) is 6.07 Å². The molecule has 0 aromatic heterocycles. The molecule has 0 aliphatic carbocycles. The van der Waals surface area contributed by atoms with Crippen molar-refractivity contribution >= 4 is 11.9 Å². The monoisotopic (exact) mass is 368 g/mol. The van der Waals surface area contributed by atoms with Crippen LogP contribution in [0.5, 0.6) is 0 Å². The number of esters is 1. The van der Waals surface area contributed by atoms with Gasteiger partial charge in [0.25, 0.3) is 5.91 Å². The predicted octanol–water partition coefficient (Wildman–Crippen LogP) is 2.15. The number of fused-ring (bicyclic) bond motifs is 1. The summed E-state index contributed by atoms with van der Waals surface area (Å²) in [5, 5.41) is 19.3. The third-order valence-corrected chi connectivity index (χ3v) is 4.37. The van der Waals surface area contributed by atoms with Crippen LogP contribution in [0.2, 0.25) is 0 Å². The predicted molar refractivity (Wildman–Crippen MR) is 92.7 cm³/mol. The van der Waals surface area contributed by atoms with Gasteiger partial charge in [-0.25, -0.2) is 9.18 Å². The molecule has 1 amide bonds. The maximum Gasteiger partial charge on any atom is 0.340 e. The fraction of sp³-hybridized carbons (Fsp3) is 0.250. The standard InChI is InChI=1S/C20H17FN2O4/c1-20(26,12-23-10-14-4-2-3-5-16(14)18(23)24)19(25)27-11-15-8-13(9-22)6-7-17(15)21/h2-8,26H,10-12H2,1H3. The zero-order valence-corrected chi connectivity index (χ0v) is 14.6. The number of benzene rings is 2. The van der Waals surface area contributed by atoms with Crippen LogP contribution in [-0.2, 0) is 22.7 Å². The number of carbonyl (C=O) groups excluding carboxylic acids is 2. The van der Waals surface area contributed by atoms with Gasteiger partial charge >= 0.3 is 5.97 Å². The molecular weight excluding hydrogens is 351 g/mol. The zero-order valence-electron chi connectivity index (χ0n) is 14.6. The van der Waals surface area contributed by atoms with Gasteiger partial charge in [0.1, 0.15) is 12.4 Å². The van der Waals surface area contributed by atoms with Crippen molar-refractivity contribution in [1.29, 1.82) is 5.26 Å². The minimum Gasteiger partial charge on any atom is -0.459 e. The zero-order chi connectivity index (χ0) is 19.6. The van der Waals surface area contributed by atoms with Gasteiger partial charge < -0.3 is 14.7 Å². The van der Waals surface area contributed by atoms with Gasteiger partial charge in [0.15, 0.2) is 5.60 Å². The molecule has 0 saturated carbocycles. The van der Waals surface area contributed by atoms with Gasteiger partial charge in [0, 0.05) is 17.7 Å². The summed E-state index contributed by atoms with van der Waals surface area (Å²) in [6.45, 7) is 0.857. The van der Waals surface area contributed by atoms with Crippen molar-refractivity contribution in [2.75, 3.05) is 6.54 Å². The lowest BCUT2D eigenvalue weighted by Crippen LogP contribution is -2.47. The summed E-state index contributed by atoms with van der Waals surface area (Å²) in [4.78, 5) is 26.0. The van der Waals surface area contributed by atoms with Crippen molar-refractivity contribution < 1.29 is 23.8 Å². The van der Waals surface area contributed by atoms with E-state index >= 15 is 0 Å². The molecule has 0 bridgehead atoms. The van der Waals surface area contributed by atoms with Crippen LogP contribution in [0.25, 0.3) is 0 Å². The molecule has 1 aliphatic heterocycles. The van der Waals surface area contributed by atoms with Crippen LogP contribution in [0.1, 0.15) is 34.0 Å². The van der Waals surface area contributed by atoms with E-state index in [1.54, 1.807) is 12.1 Å². The molecule has 2 aromatic carbocycles. The minimum atomic E-state index is -1.96. The van der Waals surface area contributed by atoms with E-state index in [0.29, 0.717) is 5.56 Å². The Morgan fingerprint density at radius 3 is 2.81 bits per heavy atom. The Morgan fingerprint density at radius 1 is 1.37 bits per heavy atom. The van der Waals surface area contributed by atoms with E-state index in [1.165, 1.54) is 24.0 Å². The van der Waals surface area contributed by atoms with E-state index in [4.69, 9.17) is 10.00 Å². The Labute approximate surface area is 155 Å². The number of nitrogens with zero attached hydrogens (tertiary/aromatic N) is 2. The second kappa shape index (κ2) is 7.17. The maximum absolute atomic E-state index is 13.8. The average Bonchev–Trinajstić information content (AvgIpc) is 2.96. The number of ether oxygens (including phenoxy) is 1.